The van der Waals surface area contributed by atoms with Gasteiger partial charge in [0, 0.05) is 5.71 Å². The molecular weight excluding hydrogens is 256 g/mol. The third kappa shape index (κ3) is 5.04. The van der Waals surface area contributed by atoms with Crippen LogP contribution in [-0.4, -0.2) is 52.5 Å². The third-order valence-corrected chi connectivity index (χ3v) is 2.22. The molecule has 8 nitrogen and oxygen atoms in total. The lowest BCUT2D eigenvalue weighted by Gasteiger charge is -2.18. The Morgan fingerprint density at radius 3 is 2.21 bits per heavy atom. The molecule has 0 aromatic heterocycles. The number of carboxylic acids is 1. The fraction of sp³-hybridized carbons (Fsp3) is 0.636. The molecular formula is C11H18N2O6. The number of amides is 1. The second-order valence-electron chi connectivity index (χ2n) is 4.04. The zero-order valence-electron chi connectivity index (χ0n) is 11.0. The quantitative estimate of drug-likeness (QED) is 0.271. The van der Waals surface area contributed by atoms with E-state index >= 15 is 0 Å². The van der Waals surface area contributed by atoms with Gasteiger partial charge in [0.1, 0.15) is 0 Å². The topological polar surface area (TPSA) is 137 Å². The monoisotopic (exact) mass is 274 g/mol. The van der Waals surface area contributed by atoms with E-state index in [0.29, 0.717) is 0 Å². The van der Waals surface area contributed by atoms with Gasteiger partial charge in [0.2, 0.25) is 6.04 Å². The van der Waals surface area contributed by atoms with Crippen molar-refractivity contribution in [2.45, 2.75) is 32.9 Å². The summed E-state index contributed by atoms with van der Waals surface area (Å²) in [4.78, 5) is 33.7. The summed E-state index contributed by atoms with van der Waals surface area (Å²) in [5.74, 6) is -4.24. The van der Waals surface area contributed by atoms with Crippen molar-refractivity contribution in [1.29, 1.82) is 5.41 Å². The van der Waals surface area contributed by atoms with Crippen molar-refractivity contribution in [3.8, 4) is 0 Å². The number of esters is 1. The molecule has 0 aliphatic carbocycles. The van der Waals surface area contributed by atoms with Crippen LogP contribution in [-0.2, 0) is 19.1 Å². The summed E-state index contributed by atoms with van der Waals surface area (Å²) >= 11 is 0. The van der Waals surface area contributed by atoms with Crippen molar-refractivity contribution in [3.05, 3.63) is 0 Å². The van der Waals surface area contributed by atoms with Crippen LogP contribution in [0.15, 0.2) is 0 Å². The van der Waals surface area contributed by atoms with Crippen molar-refractivity contribution in [2.75, 3.05) is 6.61 Å². The maximum atomic E-state index is 11.5. The third-order valence-electron chi connectivity index (χ3n) is 2.22. The van der Waals surface area contributed by atoms with Crippen LogP contribution in [0.2, 0.25) is 0 Å². The average Bonchev–Trinajstić information content (AvgIpc) is 2.33. The van der Waals surface area contributed by atoms with Crippen molar-refractivity contribution in [2.24, 2.45) is 5.92 Å². The number of carbonyl (C=O) groups is 3. The molecule has 4 N–H and O–H groups in total. The highest BCUT2D eigenvalue weighted by atomic mass is 16.5. The van der Waals surface area contributed by atoms with Gasteiger partial charge < -0.3 is 25.7 Å². The Hall–Kier alpha value is -1.96. The maximum Gasteiger partial charge on any atom is 0.340 e. The van der Waals surface area contributed by atoms with E-state index in [-0.39, 0.29) is 18.2 Å². The van der Waals surface area contributed by atoms with Crippen LogP contribution >= 0.6 is 0 Å². The van der Waals surface area contributed by atoms with Crippen molar-refractivity contribution < 1.29 is 29.3 Å². The number of hydrogen-bond acceptors (Lipinski definition) is 6. The minimum atomic E-state index is -1.90. The first-order valence-electron chi connectivity index (χ1n) is 5.68. The number of nitrogens with one attached hydrogen (secondary N) is 2. The molecule has 2 unspecified atom stereocenters. The van der Waals surface area contributed by atoms with Crippen LogP contribution in [0, 0.1) is 11.3 Å². The van der Waals surface area contributed by atoms with Gasteiger partial charge in [-0.25, -0.2) is 9.59 Å². The second kappa shape index (κ2) is 7.47. The van der Waals surface area contributed by atoms with Gasteiger partial charge in [0.25, 0.3) is 5.91 Å². The average molecular weight is 274 g/mol. The summed E-state index contributed by atoms with van der Waals surface area (Å²) in [5, 5.41) is 27.6. The van der Waals surface area contributed by atoms with E-state index in [2.05, 4.69) is 4.74 Å². The Balaban J connectivity index is 4.78. The molecule has 0 radical (unpaired) electrons. The molecule has 108 valence electrons. The van der Waals surface area contributed by atoms with E-state index in [1.807, 2.05) is 5.32 Å². The van der Waals surface area contributed by atoms with Gasteiger partial charge in [0.15, 0.2) is 6.10 Å². The van der Waals surface area contributed by atoms with Gasteiger partial charge in [-0.2, -0.15) is 0 Å². The molecule has 0 bridgehead atoms. The van der Waals surface area contributed by atoms with Crippen molar-refractivity contribution in [1.82, 2.24) is 5.32 Å². The number of aliphatic hydroxyl groups is 1. The minimum absolute atomic E-state index is 0.0388. The molecule has 0 aliphatic heterocycles. The lowest BCUT2D eigenvalue weighted by molar-refractivity contribution is -0.157. The highest BCUT2D eigenvalue weighted by Crippen LogP contribution is 2.01. The molecule has 0 aromatic carbocycles. The van der Waals surface area contributed by atoms with Crippen LogP contribution in [0.3, 0.4) is 0 Å². The normalized spacial score (nSPS) is 13.5. The number of aliphatic carboxylic acids is 1. The number of hydrogen-bond donors (Lipinski definition) is 4. The van der Waals surface area contributed by atoms with E-state index in [0.717, 1.165) is 0 Å². The number of aliphatic hydroxyl groups excluding tert-OH is 1. The van der Waals surface area contributed by atoms with E-state index in [1.165, 1.54) is 6.92 Å². The highest BCUT2D eigenvalue weighted by Gasteiger charge is 2.33. The lowest BCUT2D eigenvalue weighted by atomic mass is 10.0. The summed E-state index contributed by atoms with van der Waals surface area (Å²) in [6.07, 6.45) is -1.80. The largest absolute Gasteiger partial charge is 0.479 e. The summed E-state index contributed by atoms with van der Waals surface area (Å²) in [5.41, 5.74) is -0.273. The van der Waals surface area contributed by atoms with Gasteiger partial charge in [-0.3, -0.25) is 4.79 Å². The minimum Gasteiger partial charge on any atom is -0.479 e. The Bertz CT molecular complexity index is 379. The smallest absolute Gasteiger partial charge is 0.340 e. The SMILES string of the molecule is CCOC(=O)C(NC(=O)C(O)C(=N)C(C)C)C(=O)O. The molecule has 2 atom stereocenters. The molecule has 0 fully saturated rings. The molecule has 8 heteroatoms. The Morgan fingerprint density at radius 2 is 1.84 bits per heavy atom. The van der Waals surface area contributed by atoms with Crippen LogP contribution in [0.25, 0.3) is 0 Å². The Labute approximate surface area is 110 Å². The highest BCUT2D eigenvalue weighted by molar-refractivity contribution is 6.09. The maximum absolute atomic E-state index is 11.5. The van der Waals surface area contributed by atoms with E-state index in [1.54, 1.807) is 13.8 Å². The molecule has 0 rings (SSSR count). The fourth-order valence-electron chi connectivity index (χ4n) is 1.13. The number of carbonyl (C=O) groups excluding carboxylic acids is 2. The molecule has 1 amide bonds. The van der Waals surface area contributed by atoms with E-state index in [4.69, 9.17) is 10.5 Å². The summed E-state index contributed by atoms with van der Waals surface area (Å²) in [6, 6.07) is -1.90. The first kappa shape index (κ1) is 17.0. The lowest BCUT2D eigenvalue weighted by Crippen LogP contribution is -2.52. The number of carboxylic acid groups (broad SMARTS) is 1. The number of rotatable bonds is 7. The summed E-state index contributed by atoms with van der Waals surface area (Å²) in [6.45, 7) is 4.64. The first-order chi connectivity index (χ1) is 8.72. The predicted molar refractivity (Wildman–Crippen MR) is 64.8 cm³/mol. The van der Waals surface area contributed by atoms with Crippen LogP contribution in [0.1, 0.15) is 20.8 Å². The van der Waals surface area contributed by atoms with Crippen LogP contribution in [0.5, 0.6) is 0 Å². The van der Waals surface area contributed by atoms with Gasteiger partial charge in [0.05, 0.1) is 6.61 Å². The van der Waals surface area contributed by atoms with Crippen LogP contribution in [0.4, 0.5) is 0 Å². The van der Waals surface area contributed by atoms with Gasteiger partial charge in [-0.1, -0.05) is 13.8 Å². The van der Waals surface area contributed by atoms with Crippen LogP contribution < -0.4 is 5.32 Å². The van der Waals surface area contributed by atoms with Gasteiger partial charge >= 0.3 is 11.9 Å². The molecule has 19 heavy (non-hydrogen) atoms. The number of ether oxygens (including phenoxy) is 1. The molecule has 0 heterocycles. The molecule has 0 saturated carbocycles. The van der Waals surface area contributed by atoms with Crippen molar-refractivity contribution in [3.63, 3.8) is 0 Å². The Kier molecular flexibility index (Phi) is 6.70. The summed E-state index contributed by atoms with van der Waals surface area (Å²) < 4.78 is 4.48. The van der Waals surface area contributed by atoms with Gasteiger partial charge in [-0.05, 0) is 12.8 Å². The molecule has 0 saturated heterocycles. The summed E-state index contributed by atoms with van der Waals surface area (Å²) in [7, 11) is 0. The zero-order chi connectivity index (χ0) is 15.2. The zero-order valence-corrected chi connectivity index (χ0v) is 11.0. The fourth-order valence-corrected chi connectivity index (χ4v) is 1.13. The first-order valence-corrected chi connectivity index (χ1v) is 5.68. The second-order valence-corrected chi connectivity index (χ2v) is 4.04. The van der Waals surface area contributed by atoms with Crippen molar-refractivity contribution >= 4 is 23.6 Å². The predicted octanol–water partition coefficient (Wildman–Crippen LogP) is -0.844. The Morgan fingerprint density at radius 1 is 1.32 bits per heavy atom. The molecule has 0 aromatic rings. The molecule has 0 aliphatic rings. The van der Waals surface area contributed by atoms with Gasteiger partial charge in [-0.15, -0.1) is 0 Å². The molecule has 0 spiro atoms. The standard InChI is InChI=1S/C11H18N2O6/c1-4-19-11(18)7(10(16)17)13-9(15)8(14)6(12)5(2)3/h5,7-8,12,14H,4H2,1-3H3,(H,13,15)(H,16,17). The van der Waals surface area contributed by atoms with E-state index < -0.39 is 30.0 Å². The van der Waals surface area contributed by atoms with E-state index in [9.17, 15) is 19.5 Å².